The summed E-state index contributed by atoms with van der Waals surface area (Å²) in [5.41, 5.74) is 0. The van der Waals surface area contributed by atoms with E-state index < -0.39 is 0 Å². The summed E-state index contributed by atoms with van der Waals surface area (Å²) >= 11 is 3.52. The minimum absolute atomic E-state index is 0.953. The minimum Gasteiger partial charge on any atom is -0.0928 e. The molecular formula is C10H19Br. The molecule has 0 bridgehead atoms. The molecule has 0 spiro atoms. The zero-order valence-electron chi connectivity index (χ0n) is 7.48. The molecule has 0 saturated heterocycles. The number of rotatable bonds is 3. The zero-order valence-corrected chi connectivity index (χ0v) is 9.07. The van der Waals surface area contributed by atoms with Crippen LogP contribution in [-0.4, -0.2) is 5.33 Å². The highest BCUT2D eigenvalue weighted by molar-refractivity contribution is 9.09. The maximum absolute atomic E-state index is 3.52. The first-order valence-electron chi connectivity index (χ1n) is 4.90. The SMILES string of the molecule is C[C@@H](CCBr)C1CCCCC1. The van der Waals surface area contributed by atoms with Crippen LogP contribution in [0.2, 0.25) is 0 Å². The molecule has 0 nitrogen and oxygen atoms in total. The molecule has 0 unspecified atom stereocenters. The number of halogens is 1. The van der Waals surface area contributed by atoms with Gasteiger partial charge in [0.25, 0.3) is 0 Å². The summed E-state index contributed by atoms with van der Waals surface area (Å²) in [5.74, 6) is 2.00. The molecule has 1 aliphatic rings. The van der Waals surface area contributed by atoms with Crippen molar-refractivity contribution in [2.45, 2.75) is 45.4 Å². The van der Waals surface area contributed by atoms with Gasteiger partial charge in [-0.05, 0) is 18.3 Å². The third-order valence-corrected chi connectivity index (χ3v) is 3.48. The quantitative estimate of drug-likeness (QED) is 0.629. The van der Waals surface area contributed by atoms with Crippen LogP contribution < -0.4 is 0 Å². The molecule has 0 heterocycles. The summed E-state index contributed by atoms with van der Waals surface area (Å²) in [6.07, 6.45) is 8.80. The van der Waals surface area contributed by atoms with Crippen molar-refractivity contribution in [3.8, 4) is 0 Å². The summed E-state index contributed by atoms with van der Waals surface area (Å²) in [7, 11) is 0. The molecule has 0 amide bonds. The van der Waals surface area contributed by atoms with Crippen LogP contribution in [0.15, 0.2) is 0 Å². The van der Waals surface area contributed by atoms with Crippen molar-refractivity contribution in [3.63, 3.8) is 0 Å². The molecule has 1 fully saturated rings. The van der Waals surface area contributed by atoms with E-state index in [9.17, 15) is 0 Å². The van der Waals surface area contributed by atoms with Gasteiger partial charge in [-0.25, -0.2) is 0 Å². The molecule has 0 aromatic rings. The van der Waals surface area contributed by atoms with E-state index in [-0.39, 0.29) is 0 Å². The molecule has 1 rings (SSSR count). The van der Waals surface area contributed by atoms with Gasteiger partial charge in [-0.1, -0.05) is 55.0 Å². The van der Waals surface area contributed by atoms with E-state index >= 15 is 0 Å². The topological polar surface area (TPSA) is 0 Å². The van der Waals surface area contributed by atoms with Crippen molar-refractivity contribution in [2.24, 2.45) is 11.8 Å². The second kappa shape index (κ2) is 5.18. The van der Waals surface area contributed by atoms with Crippen molar-refractivity contribution in [1.82, 2.24) is 0 Å². The van der Waals surface area contributed by atoms with Crippen molar-refractivity contribution >= 4 is 15.9 Å². The van der Waals surface area contributed by atoms with Crippen molar-refractivity contribution in [2.75, 3.05) is 5.33 Å². The Morgan fingerprint density at radius 3 is 2.45 bits per heavy atom. The summed E-state index contributed by atoms with van der Waals surface area (Å²) in [5, 5.41) is 1.19. The molecule has 0 radical (unpaired) electrons. The summed E-state index contributed by atoms with van der Waals surface area (Å²) < 4.78 is 0. The van der Waals surface area contributed by atoms with Gasteiger partial charge < -0.3 is 0 Å². The average Bonchev–Trinajstić information content (AvgIpc) is 2.07. The van der Waals surface area contributed by atoms with Gasteiger partial charge in [0, 0.05) is 5.33 Å². The Bertz CT molecular complexity index is 95.0. The van der Waals surface area contributed by atoms with Crippen molar-refractivity contribution in [3.05, 3.63) is 0 Å². The third-order valence-electron chi connectivity index (χ3n) is 3.02. The monoisotopic (exact) mass is 218 g/mol. The van der Waals surface area contributed by atoms with E-state index in [0.717, 1.165) is 11.8 Å². The lowest BCUT2D eigenvalue weighted by Crippen LogP contribution is -2.15. The number of hydrogen-bond donors (Lipinski definition) is 0. The smallest absolute Gasteiger partial charge is 0.00339 e. The Hall–Kier alpha value is 0.480. The largest absolute Gasteiger partial charge is 0.0928 e. The molecule has 0 aromatic carbocycles. The maximum Gasteiger partial charge on any atom is 0.00339 e. The highest BCUT2D eigenvalue weighted by Gasteiger charge is 2.18. The van der Waals surface area contributed by atoms with Crippen molar-refractivity contribution < 1.29 is 0 Å². The predicted octanol–water partition coefficient (Wildman–Crippen LogP) is 3.99. The normalized spacial score (nSPS) is 23.5. The molecule has 0 aromatic heterocycles. The second-order valence-corrected chi connectivity index (χ2v) is 4.65. The average molecular weight is 219 g/mol. The second-order valence-electron chi connectivity index (χ2n) is 3.85. The van der Waals surface area contributed by atoms with Gasteiger partial charge in [0.15, 0.2) is 0 Å². The Kier molecular flexibility index (Phi) is 4.51. The molecule has 0 aliphatic heterocycles. The summed E-state index contributed by atoms with van der Waals surface area (Å²) in [6.45, 7) is 2.41. The van der Waals surface area contributed by atoms with Gasteiger partial charge in [0.1, 0.15) is 0 Å². The van der Waals surface area contributed by atoms with E-state index in [4.69, 9.17) is 0 Å². The first-order chi connectivity index (χ1) is 5.34. The lowest BCUT2D eigenvalue weighted by molar-refractivity contribution is 0.260. The Morgan fingerprint density at radius 2 is 1.91 bits per heavy atom. The molecule has 1 saturated carbocycles. The van der Waals surface area contributed by atoms with Gasteiger partial charge in [0.2, 0.25) is 0 Å². The lowest BCUT2D eigenvalue weighted by Gasteiger charge is -2.27. The highest BCUT2D eigenvalue weighted by Crippen LogP contribution is 2.31. The van der Waals surface area contributed by atoms with Gasteiger partial charge >= 0.3 is 0 Å². The van der Waals surface area contributed by atoms with E-state index in [1.54, 1.807) is 0 Å². The van der Waals surface area contributed by atoms with Crippen LogP contribution in [0.3, 0.4) is 0 Å². The highest BCUT2D eigenvalue weighted by atomic mass is 79.9. The fourth-order valence-electron chi connectivity index (χ4n) is 2.11. The molecule has 1 aliphatic carbocycles. The van der Waals surface area contributed by atoms with Gasteiger partial charge in [0.05, 0.1) is 0 Å². The van der Waals surface area contributed by atoms with E-state index in [1.807, 2.05) is 0 Å². The summed E-state index contributed by atoms with van der Waals surface area (Å²) in [6, 6.07) is 0. The van der Waals surface area contributed by atoms with Crippen LogP contribution in [0.1, 0.15) is 45.4 Å². The molecule has 66 valence electrons. The maximum atomic E-state index is 3.52. The number of hydrogen-bond acceptors (Lipinski definition) is 0. The van der Waals surface area contributed by atoms with Gasteiger partial charge in [-0.15, -0.1) is 0 Å². The molecule has 1 heteroatoms. The predicted molar refractivity (Wildman–Crippen MR) is 54.2 cm³/mol. The van der Waals surface area contributed by atoms with Crippen LogP contribution in [0.4, 0.5) is 0 Å². The number of alkyl halides is 1. The first-order valence-corrected chi connectivity index (χ1v) is 6.02. The van der Waals surface area contributed by atoms with Crippen LogP contribution in [-0.2, 0) is 0 Å². The van der Waals surface area contributed by atoms with E-state index in [2.05, 4.69) is 22.9 Å². The van der Waals surface area contributed by atoms with Gasteiger partial charge in [-0.2, -0.15) is 0 Å². The third kappa shape index (κ3) is 3.14. The van der Waals surface area contributed by atoms with Gasteiger partial charge in [-0.3, -0.25) is 0 Å². The zero-order chi connectivity index (χ0) is 8.10. The molecule has 1 atom stereocenters. The van der Waals surface area contributed by atoms with Crippen LogP contribution in [0.5, 0.6) is 0 Å². The van der Waals surface area contributed by atoms with E-state index in [0.29, 0.717) is 0 Å². The Balaban J connectivity index is 2.21. The van der Waals surface area contributed by atoms with E-state index in [1.165, 1.54) is 43.9 Å². The molecule has 0 N–H and O–H groups in total. The minimum atomic E-state index is 0.953. The fourth-order valence-corrected chi connectivity index (χ4v) is 2.83. The van der Waals surface area contributed by atoms with Crippen molar-refractivity contribution in [1.29, 1.82) is 0 Å². The first kappa shape index (κ1) is 9.57. The fraction of sp³-hybridized carbons (Fsp3) is 1.00. The van der Waals surface area contributed by atoms with Crippen LogP contribution in [0, 0.1) is 11.8 Å². The standard InChI is InChI=1S/C10H19Br/c1-9(7-8-11)10-5-3-2-4-6-10/h9-10H,2-8H2,1H3/t9-/m0/s1. The Morgan fingerprint density at radius 1 is 1.27 bits per heavy atom. The Labute approximate surface area is 78.9 Å². The summed E-state index contributed by atoms with van der Waals surface area (Å²) in [4.78, 5) is 0. The van der Waals surface area contributed by atoms with Crippen LogP contribution >= 0.6 is 15.9 Å². The molecular weight excluding hydrogens is 200 g/mol. The molecule has 11 heavy (non-hydrogen) atoms. The lowest BCUT2D eigenvalue weighted by atomic mass is 9.80. The van der Waals surface area contributed by atoms with Crippen LogP contribution in [0.25, 0.3) is 0 Å².